The maximum absolute atomic E-state index is 11.7. The van der Waals surface area contributed by atoms with Crippen LogP contribution >= 0.6 is 24.0 Å². The number of aliphatic imine (C=N–C) groups is 1. The molecular formula is C17H31IN4O2S. The van der Waals surface area contributed by atoms with Crippen molar-refractivity contribution in [3.63, 3.8) is 0 Å². The number of nitrogens with one attached hydrogen (secondary N) is 2. The molecule has 144 valence electrons. The van der Waals surface area contributed by atoms with Crippen molar-refractivity contribution >= 4 is 40.0 Å². The molecule has 0 aromatic heterocycles. The van der Waals surface area contributed by atoms with Gasteiger partial charge in [0.2, 0.25) is 10.0 Å². The fourth-order valence-electron chi connectivity index (χ4n) is 2.16. The van der Waals surface area contributed by atoms with Gasteiger partial charge in [0.1, 0.15) is 0 Å². The van der Waals surface area contributed by atoms with Crippen LogP contribution in [0.1, 0.15) is 31.4 Å². The lowest BCUT2D eigenvalue weighted by Gasteiger charge is -2.17. The summed E-state index contributed by atoms with van der Waals surface area (Å²) >= 11 is 0. The van der Waals surface area contributed by atoms with Crippen LogP contribution < -0.4 is 10.6 Å². The topological polar surface area (TPSA) is 73.8 Å². The maximum atomic E-state index is 11.7. The van der Waals surface area contributed by atoms with Crippen LogP contribution in [0.25, 0.3) is 0 Å². The van der Waals surface area contributed by atoms with Crippen LogP contribution in [0.5, 0.6) is 0 Å². The van der Waals surface area contributed by atoms with Crippen molar-refractivity contribution in [1.29, 1.82) is 0 Å². The zero-order valence-corrected chi connectivity index (χ0v) is 18.7. The molecule has 0 aliphatic heterocycles. The molecule has 25 heavy (non-hydrogen) atoms. The summed E-state index contributed by atoms with van der Waals surface area (Å²) in [5, 5.41) is 6.46. The van der Waals surface area contributed by atoms with Gasteiger partial charge in [0.05, 0.1) is 12.3 Å². The molecule has 0 aliphatic carbocycles. The van der Waals surface area contributed by atoms with E-state index in [0.717, 1.165) is 18.9 Å². The molecule has 0 radical (unpaired) electrons. The van der Waals surface area contributed by atoms with Gasteiger partial charge in [-0.05, 0) is 38.3 Å². The van der Waals surface area contributed by atoms with Crippen LogP contribution in [0, 0.1) is 6.92 Å². The van der Waals surface area contributed by atoms with E-state index in [0.29, 0.717) is 19.6 Å². The van der Waals surface area contributed by atoms with Crippen molar-refractivity contribution < 1.29 is 8.42 Å². The van der Waals surface area contributed by atoms with Crippen LogP contribution in [-0.2, 0) is 16.6 Å². The van der Waals surface area contributed by atoms with Gasteiger partial charge in [0.25, 0.3) is 0 Å². The summed E-state index contributed by atoms with van der Waals surface area (Å²) in [6, 6.07) is 8.19. The molecule has 6 nitrogen and oxygen atoms in total. The summed E-state index contributed by atoms with van der Waals surface area (Å²) < 4.78 is 24.8. The predicted octanol–water partition coefficient (Wildman–Crippen LogP) is 2.34. The fourth-order valence-corrected chi connectivity index (χ4v) is 3.01. The number of sulfonamides is 1. The summed E-state index contributed by atoms with van der Waals surface area (Å²) in [6.07, 6.45) is 0.727. The molecule has 0 saturated heterocycles. The van der Waals surface area contributed by atoms with Crippen LogP contribution in [0.4, 0.5) is 0 Å². The monoisotopic (exact) mass is 482 g/mol. The van der Waals surface area contributed by atoms with E-state index in [-0.39, 0.29) is 29.7 Å². The van der Waals surface area contributed by atoms with Gasteiger partial charge in [-0.15, -0.1) is 24.0 Å². The van der Waals surface area contributed by atoms with Crippen LogP contribution in [0.15, 0.2) is 29.3 Å². The van der Waals surface area contributed by atoms with Gasteiger partial charge in [0.15, 0.2) is 5.96 Å². The molecule has 0 atom stereocenters. The van der Waals surface area contributed by atoms with Crippen LogP contribution in [0.3, 0.4) is 0 Å². The highest BCUT2D eigenvalue weighted by molar-refractivity contribution is 14.0. The van der Waals surface area contributed by atoms with Gasteiger partial charge in [0, 0.05) is 26.7 Å². The van der Waals surface area contributed by atoms with E-state index in [9.17, 15) is 8.42 Å². The molecule has 0 heterocycles. The Morgan fingerprint density at radius 1 is 1.20 bits per heavy atom. The largest absolute Gasteiger partial charge is 0.357 e. The average Bonchev–Trinajstić information content (AvgIpc) is 2.57. The third kappa shape index (κ3) is 8.87. The van der Waals surface area contributed by atoms with Gasteiger partial charge >= 0.3 is 0 Å². The third-order valence-corrected chi connectivity index (χ3v) is 5.66. The van der Waals surface area contributed by atoms with Gasteiger partial charge in [-0.2, -0.15) is 0 Å². The lowest BCUT2D eigenvalue weighted by atomic mass is 10.1. The van der Waals surface area contributed by atoms with Gasteiger partial charge in [-0.1, -0.05) is 24.3 Å². The van der Waals surface area contributed by atoms with E-state index in [2.05, 4.69) is 34.7 Å². The minimum absolute atomic E-state index is 0. The number of hydrogen-bond donors (Lipinski definition) is 2. The molecule has 0 amide bonds. The summed E-state index contributed by atoms with van der Waals surface area (Å²) in [5.41, 5.74) is 2.42. The molecule has 0 unspecified atom stereocenters. The Labute approximate surface area is 169 Å². The van der Waals surface area contributed by atoms with Crippen molar-refractivity contribution in [3.05, 3.63) is 35.4 Å². The number of hydrogen-bond acceptors (Lipinski definition) is 3. The van der Waals surface area contributed by atoms with Gasteiger partial charge in [-0.25, -0.2) is 17.7 Å². The minimum atomic E-state index is -3.10. The number of benzene rings is 1. The Morgan fingerprint density at radius 2 is 1.88 bits per heavy atom. The third-order valence-electron chi connectivity index (χ3n) is 3.79. The molecule has 8 heteroatoms. The number of nitrogens with zero attached hydrogens (tertiary/aromatic N) is 2. The van der Waals surface area contributed by atoms with E-state index in [4.69, 9.17) is 0 Å². The van der Waals surface area contributed by atoms with Crippen molar-refractivity contribution in [1.82, 2.24) is 14.9 Å². The molecule has 0 spiro atoms. The van der Waals surface area contributed by atoms with E-state index < -0.39 is 10.0 Å². The zero-order chi connectivity index (χ0) is 18.0. The number of rotatable bonds is 9. The van der Waals surface area contributed by atoms with E-state index >= 15 is 0 Å². The van der Waals surface area contributed by atoms with Crippen LogP contribution in [0.2, 0.25) is 0 Å². The summed E-state index contributed by atoms with van der Waals surface area (Å²) in [5.74, 6) is 0.888. The number of halogens is 1. The maximum Gasteiger partial charge on any atom is 0.213 e. The predicted molar refractivity (Wildman–Crippen MR) is 116 cm³/mol. The Hall–Kier alpha value is -0.870. The Morgan fingerprint density at radius 3 is 2.48 bits per heavy atom. The van der Waals surface area contributed by atoms with Crippen molar-refractivity contribution in [2.45, 2.75) is 33.7 Å². The molecule has 1 aromatic rings. The van der Waals surface area contributed by atoms with Crippen LogP contribution in [-0.4, -0.2) is 51.1 Å². The van der Waals surface area contributed by atoms with Crippen molar-refractivity contribution in [2.24, 2.45) is 4.99 Å². The van der Waals surface area contributed by atoms with E-state index in [1.54, 1.807) is 14.0 Å². The highest BCUT2D eigenvalue weighted by atomic mass is 127. The molecule has 1 rings (SSSR count). The molecule has 0 saturated carbocycles. The zero-order valence-electron chi connectivity index (χ0n) is 15.6. The highest BCUT2D eigenvalue weighted by Gasteiger charge is 2.13. The van der Waals surface area contributed by atoms with Gasteiger partial charge < -0.3 is 10.6 Å². The summed E-state index contributed by atoms with van der Waals surface area (Å²) in [4.78, 5) is 4.59. The lowest BCUT2D eigenvalue weighted by Crippen LogP contribution is -2.39. The minimum Gasteiger partial charge on any atom is -0.357 e. The van der Waals surface area contributed by atoms with E-state index in [1.165, 1.54) is 15.4 Å². The highest BCUT2D eigenvalue weighted by Crippen LogP contribution is 2.07. The first-order valence-electron chi connectivity index (χ1n) is 8.41. The lowest BCUT2D eigenvalue weighted by molar-refractivity contribution is 0.461. The molecule has 2 N–H and O–H groups in total. The smallest absolute Gasteiger partial charge is 0.213 e. The Kier molecular flexibility index (Phi) is 12.0. The molecule has 1 aromatic carbocycles. The molecule has 0 bridgehead atoms. The number of guanidine groups is 1. The van der Waals surface area contributed by atoms with Gasteiger partial charge in [-0.3, -0.25) is 0 Å². The Balaban J connectivity index is 0.00000576. The fraction of sp³-hybridized carbons (Fsp3) is 0.588. The Bertz CT molecular complexity index is 635. The first-order valence-corrected chi connectivity index (χ1v) is 10.0. The van der Waals surface area contributed by atoms with E-state index in [1.807, 2.05) is 19.1 Å². The van der Waals surface area contributed by atoms with Crippen molar-refractivity contribution in [3.8, 4) is 0 Å². The normalized spacial score (nSPS) is 12.0. The standard InChI is InChI=1S/C17H30N4O2S.HI/c1-5-18-17(20-14-16-11-8-7-10-15(16)3)19-12-9-13-21(4)24(22,23)6-2;/h7-8,10-11H,5-6,9,12-14H2,1-4H3,(H2,18,19,20);1H. The summed E-state index contributed by atoms with van der Waals surface area (Å²) in [7, 11) is -1.48. The SMILES string of the molecule is CCNC(=NCc1ccccc1C)NCCCN(C)S(=O)(=O)CC.I. The first kappa shape index (κ1) is 24.1. The second-order valence-corrected chi connectivity index (χ2v) is 7.99. The number of aryl methyl sites for hydroxylation is 1. The quantitative estimate of drug-likeness (QED) is 0.245. The molecule has 0 aliphatic rings. The van der Waals surface area contributed by atoms with Crippen molar-refractivity contribution in [2.75, 3.05) is 32.4 Å². The molecular weight excluding hydrogens is 451 g/mol. The average molecular weight is 482 g/mol. The summed E-state index contributed by atoms with van der Waals surface area (Å²) in [6.45, 7) is 8.33. The second kappa shape index (κ2) is 12.5. The molecule has 0 fully saturated rings. The second-order valence-electron chi connectivity index (χ2n) is 5.62. The first-order chi connectivity index (χ1) is 11.4.